The lowest BCUT2D eigenvalue weighted by atomic mass is 10.2. The normalized spacial score (nSPS) is 15.8. The monoisotopic (exact) mass is 316 g/mol. The zero-order valence-corrected chi connectivity index (χ0v) is 13.1. The summed E-state index contributed by atoms with van der Waals surface area (Å²) >= 11 is 0. The first-order valence-corrected chi connectivity index (χ1v) is 7.76. The first-order valence-electron chi connectivity index (χ1n) is 7.76. The van der Waals surface area contributed by atoms with Crippen LogP contribution < -0.4 is 4.90 Å². The number of nitro groups is 1. The van der Waals surface area contributed by atoms with Crippen molar-refractivity contribution in [1.29, 1.82) is 0 Å². The Morgan fingerprint density at radius 3 is 2.70 bits per heavy atom. The molecule has 3 rings (SSSR count). The van der Waals surface area contributed by atoms with Gasteiger partial charge in [0.05, 0.1) is 10.6 Å². The number of aryl methyl sites for hydroxylation is 1. The van der Waals surface area contributed by atoms with E-state index in [1.165, 1.54) is 6.07 Å². The number of piperazine rings is 1. The molecule has 2 heterocycles. The molecule has 0 amide bonds. The van der Waals surface area contributed by atoms with Crippen molar-refractivity contribution in [3.05, 3.63) is 51.9 Å². The minimum atomic E-state index is -0.348. The molecular formula is C16H20N4O3. The van der Waals surface area contributed by atoms with Crippen molar-refractivity contribution >= 4 is 11.4 Å². The smallest absolute Gasteiger partial charge is 0.271 e. The minimum Gasteiger partial charge on any atom is -0.369 e. The molecule has 1 aromatic heterocycles. The van der Waals surface area contributed by atoms with Gasteiger partial charge in [-0.3, -0.25) is 15.0 Å². The predicted octanol–water partition coefficient (Wildman–Crippen LogP) is 2.26. The Kier molecular flexibility index (Phi) is 4.57. The highest BCUT2D eigenvalue weighted by atomic mass is 16.6. The largest absolute Gasteiger partial charge is 0.369 e. The van der Waals surface area contributed by atoms with Gasteiger partial charge >= 0.3 is 0 Å². The van der Waals surface area contributed by atoms with E-state index in [-0.39, 0.29) is 10.6 Å². The van der Waals surface area contributed by atoms with Gasteiger partial charge in [0, 0.05) is 63.0 Å². The molecule has 0 radical (unpaired) electrons. The van der Waals surface area contributed by atoms with Crippen LogP contribution in [0.5, 0.6) is 0 Å². The predicted molar refractivity (Wildman–Crippen MR) is 86.7 cm³/mol. The van der Waals surface area contributed by atoms with Gasteiger partial charge in [-0.25, -0.2) is 0 Å². The van der Waals surface area contributed by atoms with E-state index in [1.54, 1.807) is 12.1 Å². The van der Waals surface area contributed by atoms with Crippen molar-refractivity contribution in [2.75, 3.05) is 37.6 Å². The van der Waals surface area contributed by atoms with Crippen molar-refractivity contribution in [2.24, 2.45) is 0 Å². The second-order valence-electron chi connectivity index (χ2n) is 5.79. The molecule has 0 aliphatic carbocycles. The van der Waals surface area contributed by atoms with E-state index in [0.717, 1.165) is 56.3 Å². The Balaban J connectivity index is 1.52. The summed E-state index contributed by atoms with van der Waals surface area (Å²) < 4.78 is 5.23. The van der Waals surface area contributed by atoms with E-state index in [2.05, 4.69) is 15.0 Å². The van der Waals surface area contributed by atoms with Crippen molar-refractivity contribution in [3.63, 3.8) is 0 Å². The molecule has 1 aromatic carbocycles. The van der Waals surface area contributed by atoms with Crippen LogP contribution in [0.25, 0.3) is 0 Å². The van der Waals surface area contributed by atoms with E-state index >= 15 is 0 Å². The first kappa shape index (κ1) is 15.5. The molecule has 0 spiro atoms. The molecule has 0 atom stereocenters. The number of aromatic nitrogens is 1. The number of hydrogen-bond acceptors (Lipinski definition) is 6. The number of anilines is 1. The molecule has 2 aromatic rings. The molecule has 0 bridgehead atoms. The van der Waals surface area contributed by atoms with Crippen LogP contribution in [0.4, 0.5) is 11.4 Å². The molecule has 0 N–H and O–H groups in total. The summed E-state index contributed by atoms with van der Waals surface area (Å²) in [6, 6.07) is 8.82. The van der Waals surface area contributed by atoms with Gasteiger partial charge in [-0.15, -0.1) is 0 Å². The van der Waals surface area contributed by atoms with E-state index in [1.807, 2.05) is 19.1 Å². The summed E-state index contributed by atoms with van der Waals surface area (Å²) in [5.74, 6) is 0.920. The highest BCUT2D eigenvalue weighted by Gasteiger charge is 2.19. The van der Waals surface area contributed by atoms with Crippen LogP contribution in [0.1, 0.15) is 11.5 Å². The molecule has 122 valence electrons. The Morgan fingerprint density at radius 1 is 1.26 bits per heavy atom. The molecule has 23 heavy (non-hydrogen) atoms. The van der Waals surface area contributed by atoms with Crippen LogP contribution in [0.3, 0.4) is 0 Å². The number of nitrogens with zero attached hydrogens (tertiary/aromatic N) is 4. The average Bonchev–Trinajstić information content (AvgIpc) is 2.99. The quantitative estimate of drug-likeness (QED) is 0.622. The summed E-state index contributed by atoms with van der Waals surface area (Å²) in [4.78, 5) is 15.1. The summed E-state index contributed by atoms with van der Waals surface area (Å²) in [5, 5.41) is 14.8. The Morgan fingerprint density at radius 2 is 2.04 bits per heavy atom. The fraction of sp³-hybridized carbons (Fsp3) is 0.438. The van der Waals surface area contributed by atoms with Crippen LogP contribution in [0.2, 0.25) is 0 Å². The maximum absolute atomic E-state index is 10.9. The van der Waals surface area contributed by atoms with E-state index in [4.69, 9.17) is 4.52 Å². The number of benzene rings is 1. The Bertz CT molecular complexity index is 677. The van der Waals surface area contributed by atoms with Crippen LogP contribution in [0, 0.1) is 17.0 Å². The molecule has 0 saturated carbocycles. The van der Waals surface area contributed by atoms with Gasteiger partial charge in [0.15, 0.2) is 0 Å². The molecule has 7 nitrogen and oxygen atoms in total. The number of non-ortho nitro benzene ring substituents is 1. The molecule has 1 saturated heterocycles. The number of rotatable bonds is 5. The summed E-state index contributed by atoms with van der Waals surface area (Å²) in [6.07, 6.45) is 0.859. The van der Waals surface area contributed by atoms with Crippen LogP contribution in [-0.2, 0) is 6.42 Å². The molecular weight excluding hydrogens is 296 g/mol. The van der Waals surface area contributed by atoms with Crippen molar-refractivity contribution in [1.82, 2.24) is 10.1 Å². The third-order valence-corrected chi connectivity index (χ3v) is 4.13. The lowest BCUT2D eigenvalue weighted by Crippen LogP contribution is -2.47. The standard InChI is InChI=1S/C16H20N4O3/c1-13-11-16(23-17-13)5-6-18-7-9-19(10-8-18)14-3-2-4-15(12-14)20(21)22/h2-4,11-12H,5-10H2,1H3. The maximum atomic E-state index is 10.9. The van der Waals surface area contributed by atoms with Crippen LogP contribution in [-0.4, -0.2) is 47.7 Å². The highest BCUT2D eigenvalue weighted by molar-refractivity contribution is 5.53. The van der Waals surface area contributed by atoms with Gasteiger partial charge in [0.2, 0.25) is 0 Å². The lowest BCUT2D eigenvalue weighted by molar-refractivity contribution is -0.384. The lowest BCUT2D eigenvalue weighted by Gasteiger charge is -2.35. The zero-order chi connectivity index (χ0) is 16.2. The van der Waals surface area contributed by atoms with Crippen LogP contribution in [0.15, 0.2) is 34.9 Å². The minimum absolute atomic E-state index is 0.144. The maximum Gasteiger partial charge on any atom is 0.271 e. The molecule has 1 fully saturated rings. The fourth-order valence-corrected chi connectivity index (χ4v) is 2.84. The Hall–Kier alpha value is -2.41. The van der Waals surface area contributed by atoms with Gasteiger partial charge in [0.25, 0.3) is 5.69 Å². The molecule has 7 heteroatoms. The van der Waals surface area contributed by atoms with E-state index in [9.17, 15) is 10.1 Å². The zero-order valence-electron chi connectivity index (χ0n) is 13.1. The molecule has 1 aliphatic rings. The number of nitro benzene ring substituents is 1. The second-order valence-corrected chi connectivity index (χ2v) is 5.79. The average molecular weight is 316 g/mol. The molecule has 0 unspecified atom stereocenters. The third-order valence-electron chi connectivity index (χ3n) is 4.13. The summed E-state index contributed by atoms with van der Waals surface area (Å²) in [7, 11) is 0. The van der Waals surface area contributed by atoms with Crippen molar-refractivity contribution < 1.29 is 9.45 Å². The second kappa shape index (κ2) is 6.78. The van der Waals surface area contributed by atoms with Crippen molar-refractivity contribution in [2.45, 2.75) is 13.3 Å². The van der Waals surface area contributed by atoms with Crippen LogP contribution >= 0.6 is 0 Å². The van der Waals surface area contributed by atoms with E-state index < -0.39 is 0 Å². The molecule has 1 aliphatic heterocycles. The fourth-order valence-electron chi connectivity index (χ4n) is 2.84. The van der Waals surface area contributed by atoms with Gasteiger partial charge in [-0.2, -0.15) is 0 Å². The van der Waals surface area contributed by atoms with Gasteiger partial charge < -0.3 is 9.42 Å². The first-order chi connectivity index (χ1) is 11.1. The van der Waals surface area contributed by atoms with Gasteiger partial charge in [-0.1, -0.05) is 11.2 Å². The van der Waals surface area contributed by atoms with E-state index in [0.29, 0.717) is 0 Å². The van der Waals surface area contributed by atoms with Crippen molar-refractivity contribution in [3.8, 4) is 0 Å². The van der Waals surface area contributed by atoms with Gasteiger partial charge in [0.1, 0.15) is 5.76 Å². The summed E-state index contributed by atoms with van der Waals surface area (Å²) in [6.45, 7) is 6.49. The third kappa shape index (κ3) is 3.87. The number of hydrogen-bond donors (Lipinski definition) is 0. The SMILES string of the molecule is Cc1cc(CCN2CCN(c3cccc([N+](=O)[O-])c3)CC2)on1. The Labute approximate surface area is 134 Å². The topological polar surface area (TPSA) is 75.7 Å². The summed E-state index contributed by atoms with van der Waals surface area (Å²) in [5.41, 5.74) is 1.98. The van der Waals surface area contributed by atoms with Gasteiger partial charge in [-0.05, 0) is 13.0 Å². The highest BCUT2D eigenvalue weighted by Crippen LogP contribution is 2.22.